The van der Waals surface area contributed by atoms with Crippen molar-refractivity contribution in [3.63, 3.8) is 0 Å². The standard InChI is InChI=1S/C13H13ClN2S/c14-11-5-10(9-1-4-17-7-9)6-16-12(11)13(8-15)2-3-13/h1,4-7H,2-3,8,15H2. The summed E-state index contributed by atoms with van der Waals surface area (Å²) in [6.07, 6.45) is 4.11. The second kappa shape index (κ2) is 4.09. The van der Waals surface area contributed by atoms with Crippen LogP contribution in [0.2, 0.25) is 5.02 Å². The Kier molecular flexibility index (Phi) is 2.69. The summed E-state index contributed by atoms with van der Waals surface area (Å²) in [7, 11) is 0. The number of halogens is 1. The lowest BCUT2D eigenvalue weighted by atomic mass is 10.0. The van der Waals surface area contributed by atoms with Crippen LogP contribution in [-0.4, -0.2) is 11.5 Å². The molecule has 2 aromatic heterocycles. The Balaban J connectivity index is 2.00. The van der Waals surface area contributed by atoms with Crippen LogP contribution in [0, 0.1) is 0 Å². The number of rotatable bonds is 3. The number of aromatic nitrogens is 1. The quantitative estimate of drug-likeness (QED) is 0.922. The van der Waals surface area contributed by atoms with Gasteiger partial charge in [0.1, 0.15) is 0 Å². The van der Waals surface area contributed by atoms with Crippen molar-refractivity contribution >= 4 is 22.9 Å². The van der Waals surface area contributed by atoms with E-state index >= 15 is 0 Å². The van der Waals surface area contributed by atoms with E-state index in [9.17, 15) is 0 Å². The first-order chi connectivity index (χ1) is 8.25. The van der Waals surface area contributed by atoms with Crippen LogP contribution in [0.25, 0.3) is 11.1 Å². The van der Waals surface area contributed by atoms with Crippen LogP contribution in [-0.2, 0) is 5.41 Å². The minimum atomic E-state index is 0.0598. The molecular formula is C13H13ClN2S. The molecule has 0 aromatic carbocycles. The lowest BCUT2D eigenvalue weighted by molar-refractivity contribution is 0.679. The summed E-state index contributed by atoms with van der Waals surface area (Å²) >= 11 is 8.01. The van der Waals surface area contributed by atoms with Crippen LogP contribution in [0.5, 0.6) is 0 Å². The molecule has 3 rings (SSSR count). The first kappa shape index (κ1) is 11.2. The summed E-state index contributed by atoms with van der Waals surface area (Å²) in [5.74, 6) is 0. The van der Waals surface area contributed by atoms with E-state index in [1.165, 1.54) is 5.56 Å². The zero-order valence-electron chi connectivity index (χ0n) is 9.32. The van der Waals surface area contributed by atoms with Crippen molar-refractivity contribution in [1.29, 1.82) is 0 Å². The van der Waals surface area contributed by atoms with Crippen molar-refractivity contribution < 1.29 is 0 Å². The maximum Gasteiger partial charge on any atom is 0.0664 e. The summed E-state index contributed by atoms with van der Waals surface area (Å²) in [5, 5.41) is 4.90. The fraction of sp³-hybridized carbons (Fsp3) is 0.308. The summed E-state index contributed by atoms with van der Waals surface area (Å²) in [5.41, 5.74) is 9.09. The van der Waals surface area contributed by atoms with Gasteiger partial charge >= 0.3 is 0 Å². The monoisotopic (exact) mass is 264 g/mol. The molecule has 1 aliphatic rings. The van der Waals surface area contributed by atoms with Gasteiger partial charge in [0, 0.05) is 23.7 Å². The number of nitrogens with zero attached hydrogens (tertiary/aromatic N) is 1. The molecule has 17 heavy (non-hydrogen) atoms. The van der Waals surface area contributed by atoms with Gasteiger partial charge in [-0.15, -0.1) is 0 Å². The zero-order valence-corrected chi connectivity index (χ0v) is 10.9. The minimum absolute atomic E-state index is 0.0598. The van der Waals surface area contributed by atoms with E-state index < -0.39 is 0 Å². The first-order valence-corrected chi connectivity index (χ1v) is 6.96. The Labute approximate surface area is 109 Å². The Morgan fingerprint density at radius 1 is 1.41 bits per heavy atom. The van der Waals surface area contributed by atoms with E-state index in [4.69, 9.17) is 17.3 Å². The Bertz CT molecular complexity index is 532. The normalized spacial score (nSPS) is 17.1. The van der Waals surface area contributed by atoms with Crippen LogP contribution in [0.15, 0.2) is 29.1 Å². The van der Waals surface area contributed by atoms with Gasteiger partial charge in [-0.3, -0.25) is 4.98 Å². The summed E-state index contributed by atoms with van der Waals surface area (Å²) < 4.78 is 0. The SMILES string of the molecule is NCC1(c2ncc(-c3ccsc3)cc2Cl)CC1. The fourth-order valence-corrected chi connectivity index (χ4v) is 3.14. The predicted octanol–water partition coefficient (Wildman–Crippen LogP) is 3.45. The molecule has 2 nitrogen and oxygen atoms in total. The Morgan fingerprint density at radius 2 is 2.24 bits per heavy atom. The first-order valence-electron chi connectivity index (χ1n) is 5.64. The number of pyridine rings is 1. The molecule has 1 saturated carbocycles. The van der Waals surface area contributed by atoms with Crippen LogP contribution in [0.3, 0.4) is 0 Å². The Morgan fingerprint density at radius 3 is 2.76 bits per heavy atom. The van der Waals surface area contributed by atoms with Crippen molar-refractivity contribution in [3.8, 4) is 11.1 Å². The fourth-order valence-electron chi connectivity index (χ4n) is 2.10. The van der Waals surface area contributed by atoms with E-state index in [1.807, 2.05) is 12.3 Å². The second-order valence-corrected chi connectivity index (χ2v) is 5.74. The van der Waals surface area contributed by atoms with E-state index in [1.54, 1.807) is 11.3 Å². The van der Waals surface area contributed by atoms with Gasteiger partial charge in [-0.25, -0.2) is 0 Å². The number of thiophene rings is 1. The predicted molar refractivity (Wildman–Crippen MR) is 72.5 cm³/mol. The maximum atomic E-state index is 6.33. The molecular weight excluding hydrogens is 252 g/mol. The third-order valence-electron chi connectivity index (χ3n) is 3.44. The largest absolute Gasteiger partial charge is 0.330 e. The van der Waals surface area contributed by atoms with Gasteiger partial charge in [-0.1, -0.05) is 11.6 Å². The minimum Gasteiger partial charge on any atom is -0.330 e. The van der Waals surface area contributed by atoms with Gasteiger partial charge in [0.25, 0.3) is 0 Å². The molecule has 1 aliphatic carbocycles. The van der Waals surface area contributed by atoms with Crippen molar-refractivity contribution in [2.75, 3.05) is 6.54 Å². The molecule has 88 valence electrons. The molecule has 4 heteroatoms. The van der Waals surface area contributed by atoms with Gasteiger partial charge in [0.05, 0.1) is 10.7 Å². The van der Waals surface area contributed by atoms with Crippen molar-refractivity contribution in [2.45, 2.75) is 18.3 Å². The highest BCUT2D eigenvalue weighted by molar-refractivity contribution is 7.08. The third kappa shape index (κ3) is 1.88. The van der Waals surface area contributed by atoms with Gasteiger partial charge in [0.2, 0.25) is 0 Å². The van der Waals surface area contributed by atoms with Crippen LogP contribution in [0.4, 0.5) is 0 Å². The molecule has 0 aliphatic heterocycles. The zero-order chi connectivity index (χ0) is 11.9. The van der Waals surface area contributed by atoms with Gasteiger partial charge < -0.3 is 5.73 Å². The average Bonchev–Trinajstić information content (AvgIpc) is 2.94. The van der Waals surface area contributed by atoms with E-state index in [0.29, 0.717) is 6.54 Å². The molecule has 2 aromatic rings. The number of hydrogen-bond donors (Lipinski definition) is 1. The molecule has 2 heterocycles. The molecule has 0 atom stereocenters. The molecule has 0 spiro atoms. The van der Waals surface area contributed by atoms with Gasteiger partial charge in [0.15, 0.2) is 0 Å². The molecule has 1 fully saturated rings. The molecule has 0 unspecified atom stereocenters. The number of nitrogens with two attached hydrogens (primary N) is 1. The van der Waals surface area contributed by atoms with Crippen molar-refractivity contribution in [3.05, 3.63) is 39.8 Å². The van der Waals surface area contributed by atoms with Gasteiger partial charge in [-0.05, 0) is 41.3 Å². The van der Waals surface area contributed by atoms with Crippen LogP contribution < -0.4 is 5.73 Å². The molecule has 0 amide bonds. The lowest BCUT2D eigenvalue weighted by Gasteiger charge is -2.14. The molecule has 0 bridgehead atoms. The van der Waals surface area contributed by atoms with Crippen molar-refractivity contribution in [1.82, 2.24) is 4.98 Å². The van der Waals surface area contributed by atoms with E-state index in [0.717, 1.165) is 29.1 Å². The van der Waals surface area contributed by atoms with E-state index in [-0.39, 0.29) is 5.41 Å². The summed E-state index contributed by atoms with van der Waals surface area (Å²) in [6.45, 7) is 0.636. The van der Waals surface area contributed by atoms with Crippen LogP contribution in [0.1, 0.15) is 18.5 Å². The van der Waals surface area contributed by atoms with Crippen molar-refractivity contribution in [2.24, 2.45) is 5.73 Å². The second-order valence-electron chi connectivity index (χ2n) is 4.55. The highest BCUT2D eigenvalue weighted by Crippen LogP contribution is 2.48. The summed E-state index contributed by atoms with van der Waals surface area (Å²) in [4.78, 5) is 4.53. The maximum absolute atomic E-state index is 6.33. The van der Waals surface area contributed by atoms with E-state index in [2.05, 4.69) is 21.8 Å². The third-order valence-corrected chi connectivity index (χ3v) is 4.41. The summed E-state index contributed by atoms with van der Waals surface area (Å²) in [6, 6.07) is 4.08. The van der Waals surface area contributed by atoms with Gasteiger partial charge in [-0.2, -0.15) is 11.3 Å². The highest BCUT2D eigenvalue weighted by Gasteiger charge is 2.45. The lowest BCUT2D eigenvalue weighted by Crippen LogP contribution is -2.21. The smallest absolute Gasteiger partial charge is 0.0664 e. The van der Waals surface area contributed by atoms with Crippen LogP contribution >= 0.6 is 22.9 Å². The Hall–Kier alpha value is -0.900. The average molecular weight is 265 g/mol. The molecule has 0 radical (unpaired) electrons. The topological polar surface area (TPSA) is 38.9 Å². The highest BCUT2D eigenvalue weighted by atomic mass is 35.5. The molecule has 0 saturated heterocycles. The molecule has 2 N–H and O–H groups in total. The number of hydrogen-bond acceptors (Lipinski definition) is 3.